The van der Waals surface area contributed by atoms with Gasteiger partial charge in [-0.2, -0.15) is 0 Å². The van der Waals surface area contributed by atoms with Gasteiger partial charge in [0.25, 0.3) is 0 Å². The Balaban J connectivity index is 3.74. The molecule has 0 radical (unpaired) electrons. The summed E-state index contributed by atoms with van der Waals surface area (Å²) in [6.07, 6.45) is -0.270. The van der Waals surface area contributed by atoms with Crippen molar-refractivity contribution in [1.82, 2.24) is 0 Å². The first kappa shape index (κ1) is 13.4. The largest absolute Gasteiger partial charge is 0.368 e. The number of hydrogen-bond acceptors (Lipinski definition) is 4. The second-order valence-electron chi connectivity index (χ2n) is 4.27. The third-order valence-corrected chi connectivity index (χ3v) is 1.58. The lowest BCUT2D eigenvalue weighted by Crippen LogP contribution is -2.37. The van der Waals surface area contributed by atoms with E-state index in [1.165, 1.54) is 0 Å². The molecule has 0 aromatic rings. The summed E-state index contributed by atoms with van der Waals surface area (Å²) in [5, 5.41) is 9.39. The van der Waals surface area contributed by atoms with Crippen molar-refractivity contribution in [2.75, 3.05) is 0 Å². The third-order valence-electron chi connectivity index (χ3n) is 1.58. The lowest BCUT2D eigenvalue weighted by atomic mass is 10.1. The monoisotopic (exact) mass is 204 g/mol. The highest BCUT2D eigenvalue weighted by atomic mass is 16.6. The van der Waals surface area contributed by atoms with Crippen molar-refractivity contribution >= 4 is 5.91 Å². The zero-order valence-corrected chi connectivity index (χ0v) is 8.99. The number of carbonyl (C=O) groups excluding carboxylic acids is 1. The predicted octanol–water partition coefficient (Wildman–Crippen LogP) is -0.287. The van der Waals surface area contributed by atoms with Crippen molar-refractivity contribution in [2.45, 2.75) is 51.5 Å². The van der Waals surface area contributed by atoms with Crippen LogP contribution in [0.15, 0.2) is 0 Å². The van der Waals surface area contributed by atoms with Crippen molar-refractivity contribution in [2.24, 2.45) is 11.5 Å². The molecule has 0 aromatic heterocycles. The number of ether oxygens (including phenoxy) is 1. The molecule has 1 amide bonds. The number of primary amides is 1. The van der Waals surface area contributed by atoms with Crippen molar-refractivity contribution in [3.63, 3.8) is 0 Å². The smallest absolute Gasteiger partial charge is 0.234 e. The summed E-state index contributed by atoms with van der Waals surface area (Å²) in [6, 6.07) is -0.715. The quantitative estimate of drug-likeness (QED) is 0.536. The van der Waals surface area contributed by atoms with Crippen LogP contribution in [0.5, 0.6) is 0 Å². The van der Waals surface area contributed by atoms with E-state index in [1.807, 2.05) is 20.8 Å². The summed E-state index contributed by atoms with van der Waals surface area (Å²) >= 11 is 0. The molecule has 84 valence electrons. The van der Waals surface area contributed by atoms with Crippen LogP contribution in [-0.2, 0) is 9.53 Å². The molecule has 0 aliphatic heterocycles. The van der Waals surface area contributed by atoms with E-state index < -0.39 is 23.8 Å². The highest BCUT2D eigenvalue weighted by Gasteiger charge is 2.18. The number of amides is 1. The van der Waals surface area contributed by atoms with Crippen LogP contribution in [0.1, 0.15) is 33.6 Å². The second-order valence-corrected chi connectivity index (χ2v) is 4.27. The molecule has 0 fully saturated rings. The fourth-order valence-electron chi connectivity index (χ4n) is 0.931. The van der Waals surface area contributed by atoms with Gasteiger partial charge in [-0.3, -0.25) is 4.79 Å². The highest BCUT2D eigenvalue weighted by Crippen LogP contribution is 2.12. The van der Waals surface area contributed by atoms with Gasteiger partial charge in [0.15, 0.2) is 6.29 Å². The Bertz CT molecular complexity index is 189. The van der Waals surface area contributed by atoms with Gasteiger partial charge >= 0.3 is 0 Å². The summed E-state index contributed by atoms with van der Waals surface area (Å²) in [4.78, 5) is 10.6. The van der Waals surface area contributed by atoms with Gasteiger partial charge in [-0.1, -0.05) is 0 Å². The van der Waals surface area contributed by atoms with Gasteiger partial charge in [0, 0.05) is 6.42 Å². The van der Waals surface area contributed by atoms with Crippen molar-refractivity contribution in [1.29, 1.82) is 0 Å². The topological polar surface area (TPSA) is 98.6 Å². The van der Waals surface area contributed by atoms with Gasteiger partial charge in [0.1, 0.15) is 0 Å². The molecule has 0 aliphatic carbocycles. The summed E-state index contributed by atoms with van der Waals surface area (Å²) in [5.74, 6) is -0.562. The fraction of sp³-hybridized carbons (Fsp3) is 0.889. The van der Waals surface area contributed by atoms with Crippen LogP contribution in [0.3, 0.4) is 0 Å². The molecule has 0 saturated carbocycles. The molecule has 0 aromatic carbocycles. The van der Waals surface area contributed by atoms with Crippen LogP contribution in [-0.4, -0.2) is 28.9 Å². The Kier molecular flexibility index (Phi) is 5.04. The van der Waals surface area contributed by atoms with E-state index in [9.17, 15) is 9.90 Å². The number of aliphatic hydroxyl groups excluding tert-OH is 1. The molecule has 0 heterocycles. The van der Waals surface area contributed by atoms with Crippen molar-refractivity contribution in [3.8, 4) is 0 Å². The first-order valence-corrected chi connectivity index (χ1v) is 4.63. The minimum atomic E-state index is -0.902. The van der Waals surface area contributed by atoms with E-state index in [0.717, 1.165) is 0 Å². The molecule has 0 aliphatic rings. The minimum Gasteiger partial charge on any atom is -0.368 e. The molecule has 2 atom stereocenters. The maximum absolute atomic E-state index is 10.6. The number of nitrogens with two attached hydrogens (primary N) is 2. The molecular weight excluding hydrogens is 184 g/mol. The Morgan fingerprint density at radius 3 is 2.29 bits per heavy atom. The first-order chi connectivity index (χ1) is 6.22. The molecule has 1 unspecified atom stereocenters. The second kappa shape index (κ2) is 5.29. The van der Waals surface area contributed by atoms with Crippen LogP contribution in [0, 0.1) is 0 Å². The van der Waals surface area contributed by atoms with Gasteiger partial charge in [-0.15, -0.1) is 0 Å². The first-order valence-electron chi connectivity index (χ1n) is 4.63. The average molecular weight is 204 g/mol. The van der Waals surface area contributed by atoms with Crippen molar-refractivity contribution < 1.29 is 14.6 Å². The molecule has 0 spiro atoms. The Morgan fingerprint density at radius 2 is 1.93 bits per heavy atom. The number of hydrogen-bond donors (Lipinski definition) is 3. The maximum Gasteiger partial charge on any atom is 0.234 e. The summed E-state index contributed by atoms with van der Waals surface area (Å²) in [6.45, 7) is 5.51. The molecule has 5 heteroatoms. The molecule has 0 rings (SSSR count). The summed E-state index contributed by atoms with van der Waals surface area (Å²) in [5.41, 5.74) is 9.94. The number of aliphatic hydroxyl groups is 1. The van der Waals surface area contributed by atoms with Crippen molar-refractivity contribution in [3.05, 3.63) is 0 Å². The lowest BCUT2D eigenvalue weighted by molar-refractivity contribution is -0.169. The van der Waals surface area contributed by atoms with E-state index in [1.54, 1.807) is 0 Å². The van der Waals surface area contributed by atoms with E-state index in [2.05, 4.69) is 0 Å². The molecule has 5 nitrogen and oxygen atoms in total. The lowest BCUT2D eigenvalue weighted by Gasteiger charge is -2.24. The van der Waals surface area contributed by atoms with E-state index in [0.29, 0.717) is 12.8 Å². The Morgan fingerprint density at radius 1 is 1.43 bits per heavy atom. The molecule has 0 bridgehead atoms. The van der Waals surface area contributed by atoms with Crippen LogP contribution < -0.4 is 11.5 Å². The zero-order chi connectivity index (χ0) is 11.4. The fourth-order valence-corrected chi connectivity index (χ4v) is 0.931. The highest BCUT2D eigenvalue weighted by molar-refractivity contribution is 5.79. The Labute approximate surface area is 84.4 Å². The van der Waals surface area contributed by atoms with Gasteiger partial charge in [-0.05, 0) is 27.2 Å². The zero-order valence-electron chi connectivity index (χ0n) is 8.99. The molecular formula is C9H20N2O3. The SMILES string of the molecule is CC(C)(C)OC(O)CC[C@H](N)C(N)=O. The average Bonchev–Trinajstić information content (AvgIpc) is 1.96. The van der Waals surface area contributed by atoms with Crippen LogP contribution in [0.2, 0.25) is 0 Å². The summed E-state index contributed by atoms with van der Waals surface area (Å²) in [7, 11) is 0. The molecule has 0 saturated heterocycles. The summed E-state index contributed by atoms with van der Waals surface area (Å²) < 4.78 is 5.22. The van der Waals surface area contributed by atoms with Gasteiger partial charge in [0.05, 0.1) is 11.6 Å². The van der Waals surface area contributed by atoms with E-state index >= 15 is 0 Å². The van der Waals surface area contributed by atoms with Gasteiger partial charge in [-0.25, -0.2) is 0 Å². The molecule has 14 heavy (non-hydrogen) atoms. The number of rotatable bonds is 5. The van der Waals surface area contributed by atoms with E-state index in [-0.39, 0.29) is 0 Å². The normalized spacial score (nSPS) is 16.4. The van der Waals surface area contributed by atoms with Crippen LogP contribution in [0.25, 0.3) is 0 Å². The van der Waals surface area contributed by atoms with Gasteiger partial charge in [0.2, 0.25) is 5.91 Å². The third kappa shape index (κ3) is 6.82. The van der Waals surface area contributed by atoms with Crippen LogP contribution in [0.4, 0.5) is 0 Å². The minimum absolute atomic E-state index is 0.307. The predicted molar refractivity (Wildman–Crippen MR) is 53.2 cm³/mol. The van der Waals surface area contributed by atoms with Crippen LogP contribution >= 0.6 is 0 Å². The maximum atomic E-state index is 10.6. The standard InChI is InChI=1S/C9H20N2O3/c1-9(2,3)14-7(12)5-4-6(10)8(11)13/h6-7,12H,4-5,10H2,1-3H3,(H2,11,13)/t6-,7?/m0/s1. The van der Waals surface area contributed by atoms with Gasteiger partial charge < -0.3 is 21.3 Å². The molecule has 5 N–H and O–H groups in total. The Hall–Kier alpha value is -0.650. The number of carbonyl (C=O) groups is 1. The van der Waals surface area contributed by atoms with E-state index in [4.69, 9.17) is 16.2 Å².